The van der Waals surface area contributed by atoms with E-state index in [0.29, 0.717) is 16.8 Å². The van der Waals surface area contributed by atoms with Crippen LogP contribution in [0.3, 0.4) is 0 Å². The Hall–Kier alpha value is -3.02. The van der Waals surface area contributed by atoms with E-state index in [1.54, 1.807) is 6.07 Å². The maximum Gasteiger partial charge on any atom is 0.414 e. The SMILES string of the molecule is N#Cc1cc(-c2cc(CC(c3ccc(F)cc3Cl)C(O)C(F)(F)F)ccn2)ccc1F. The first-order valence-corrected chi connectivity index (χ1v) is 9.32. The van der Waals surface area contributed by atoms with Crippen molar-refractivity contribution in [3.05, 3.63) is 88.1 Å². The minimum atomic E-state index is -4.93. The molecule has 0 aliphatic heterocycles. The molecule has 1 aromatic heterocycles. The van der Waals surface area contributed by atoms with Gasteiger partial charge < -0.3 is 5.11 Å². The van der Waals surface area contributed by atoms with Gasteiger partial charge in [0.1, 0.15) is 17.7 Å². The van der Waals surface area contributed by atoms with Crippen molar-refractivity contribution in [2.45, 2.75) is 24.6 Å². The molecule has 0 fully saturated rings. The van der Waals surface area contributed by atoms with Crippen LogP contribution in [-0.2, 0) is 6.42 Å². The maximum atomic E-state index is 13.6. The molecule has 2 unspecified atom stereocenters. The molecule has 3 nitrogen and oxygen atoms in total. The van der Waals surface area contributed by atoms with E-state index in [0.717, 1.165) is 24.3 Å². The average molecular weight is 453 g/mol. The van der Waals surface area contributed by atoms with E-state index in [9.17, 15) is 27.1 Å². The average Bonchev–Trinajstić information content (AvgIpc) is 2.72. The van der Waals surface area contributed by atoms with Gasteiger partial charge in [0.15, 0.2) is 6.10 Å². The van der Waals surface area contributed by atoms with Crippen LogP contribution in [0.1, 0.15) is 22.6 Å². The Morgan fingerprint density at radius 2 is 1.81 bits per heavy atom. The third kappa shape index (κ3) is 5.19. The number of rotatable bonds is 5. The molecule has 3 rings (SSSR count). The Kier molecular flexibility index (Phi) is 6.58. The van der Waals surface area contributed by atoms with Crippen molar-refractivity contribution in [1.82, 2.24) is 4.98 Å². The largest absolute Gasteiger partial charge is 0.414 e. The summed E-state index contributed by atoms with van der Waals surface area (Å²) in [5.74, 6) is -2.93. The van der Waals surface area contributed by atoms with E-state index in [1.165, 1.54) is 30.5 Å². The highest BCUT2D eigenvalue weighted by Crippen LogP contribution is 2.37. The molecule has 0 radical (unpaired) electrons. The normalized spacial score (nSPS) is 13.5. The van der Waals surface area contributed by atoms with Gasteiger partial charge in [0.05, 0.1) is 11.3 Å². The van der Waals surface area contributed by atoms with Crippen LogP contribution >= 0.6 is 11.6 Å². The topological polar surface area (TPSA) is 56.9 Å². The van der Waals surface area contributed by atoms with Crippen molar-refractivity contribution in [1.29, 1.82) is 5.26 Å². The van der Waals surface area contributed by atoms with Crippen molar-refractivity contribution >= 4 is 11.6 Å². The van der Waals surface area contributed by atoms with Gasteiger partial charge in [-0.1, -0.05) is 17.7 Å². The molecule has 31 heavy (non-hydrogen) atoms. The second-order valence-electron chi connectivity index (χ2n) is 6.82. The second-order valence-corrected chi connectivity index (χ2v) is 7.23. The third-order valence-corrected chi connectivity index (χ3v) is 5.07. The number of hydrogen-bond donors (Lipinski definition) is 1. The fourth-order valence-corrected chi connectivity index (χ4v) is 3.51. The summed E-state index contributed by atoms with van der Waals surface area (Å²) in [5.41, 5.74) is 0.821. The predicted molar refractivity (Wildman–Crippen MR) is 104 cm³/mol. The van der Waals surface area contributed by atoms with Gasteiger partial charge in [-0.2, -0.15) is 18.4 Å². The fraction of sp³-hybridized carbons (Fsp3) is 0.182. The number of aromatic nitrogens is 1. The number of nitrogens with zero attached hydrogens (tertiary/aromatic N) is 2. The van der Waals surface area contributed by atoms with Gasteiger partial charge in [-0.3, -0.25) is 4.98 Å². The van der Waals surface area contributed by atoms with Crippen molar-refractivity contribution in [2.75, 3.05) is 0 Å². The molecule has 0 spiro atoms. The first kappa shape index (κ1) is 22.7. The Morgan fingerprint density at radius 3 is 2.45 bits per heavy atom. The first-order valence-electron chi connectivity index (χ1n) is 8.95. The van der Waals surface area contributed by atoms with Crippen molar-refractivity contribution in [3.63, 3.8) is 0 Å². The molecule has 3 aromatic rings. The van der Waals surface area contributed by atoms with Crippen LogP contribution in [0.2, 0.25) is 5.02 Å². The van der Waals surface area contributed by atoms with Crippen molar-refractivity contribution in [2.24, 2.45) is 0 Å². The minimum Gasteiger partial charge on any atom is -0.383 e. The highest BCUT2D eigenvalue weighted by molar-refractivity contribution is 6.31. The van der Waals surface area contributed by atoms with E-state index in [1.807, 2.05) is 0 Å². The molecule has 1 heterocycles. The Balaban J connectivity index is 2.00. The maximum absolute atomic E-state index is 13.6. The van der Waals surface area contributed by atoms with E-state index in [-0.39, 0.29) is 22.6 Å². The molecule has 2 aromatic carbocycles. The first-order chi connectivity index (χ1) is 14.6. The molecule has 1 N–H and O–H groups in total. The highest BCUT2D eigenvalue weighted by Gasteiger charge is 2.44. The van der Waals surface area contributed by atoms with Gasteiger partial charge in [-0.05, 0) is 60.0 Å². The van der Waals surface area contributed by atoms with E-state index >= 15 is 0 Å². The number of benzene rings is 2. The zero-order chi connectivity index (χ0) is 22.8. The Bertz CT molecular complexity index is 1140. The number of alkyl halides is 3. The second kappa shape index (κ2) is 9.00. The van der Waals surface area contributed by atoms with Crippen molar-refractivity contribution in [3.8, 4) is 17.3 Å². The number of halogens is 6. The summed E-state index contributed by atoms with van der Waals surface area (Å²) in [7, 11) is 0. The lowest BCUT2D eigenvalue weighted by molar-refractivity contribution is -0.210. The standard InChI is InChI=1S/C22H14ClF5N2O/c23-18-10-15(24)2-3-16(18)17(21(31)22(26,27)28)7-12-5-6-30-20(8-12)13-1-4-19(25)14(9-13)11-29/h1-6,8-10,17,21,31H,7H2. The van der Waals surface area contributed by atoms with Crippen LogP contribution in [0.15, 0.2) is 54.7 Å². The third-order valence-electron chi connectivity index (χ3n) is 4.74. The summed E-state index contributed by atoms with van der Waals surface area (Å²) < 4.78 is 66.9. The predicted octanol–water partition coefficient (Wildman–Crippen LogP) is 5.80. The number of aliphatic hydroxyl groups is 1. The molecule has 0 saturated carbocycles. The smallest absolute Gasteiger partial charge is 0.383 e. The lowest BCUT2D eigenvalue weighted by Gasteiger charge is -2.26. The van der Waals surface area contributed by atoms with Crippen LogP contribution in [-0.4, -0.2) is 22.4 Å². The molecule has 0 aliphatic rings. The molecular weight excluding hydrogens is 439 g/mol. The molecule has 160 valence electrons. The molecule has 0 aliphatic carbocycles. The summed E-state index contributed by atoms with van der Waals surface area (Å²) in [4.78, 5) is 4.13. The Morgan fingerprint density at radius 1 is 1.06 bits per heavy atom. The summed E-state index contributed by atoms with van der Waals surface area (Å²) in [5, 5.41) is 18.7. The molecule has 0 bridgehead atoms. The molecular formula is C22H14ClF5N2O. The van der Waals surface area contributed by atoms with Crippen LogP contribution in [0.4, 0.5) is 22.0 Å². The van der Waals surface area contributed by atoms with Crippen LogP contribution in [0, 0.1) is 23.0 Å². The summed E-state index contributed by atoms with van der Waals surface area (Å²) in [6.45, 7) is 0. The van der Waals surface area contributed by atoms with E-state index in [2.05, 4.69) is 4.98 Å². The molecule has 9 heteroatoms. The van der Waals surface area contributed by atoms with Crippen molar-refractivity contribution < 1.29 is 27.1 Å². The molecule has 0 amide bonds. The van der Waals surface area contributed by atoms with Crippen LogP contribution in [0.25, 0.3) is 11.3 Å². The van der Waals surface area contributed by atoms with Gasteiger partial charge in [0, 0.05) is 22.7 Å². The number of pyridine rings is 1. The number of nitriles is 1. The van der Waals surface area contributed by atoms with Crippen LogP contribution < -0.4 is 0 Å². The van der Waals surface area contributed by atoms with Gasteiger partial charge in [-0.15, -0.1) is 0 Å². The minimum absolute atomic E-state index is 0.0557. The van der Waals surface area contributed by atoms with Crippen LogP contribution in [0.5, 0.6) is 0 Å². The van der Waals surface area contributed by atoms with Gasteiger partial charge in [-0.25, -0.2) is 8.78 Å². The van der Waals surface area contributed by atoms with Gasteiger partial charge in [0.25, 0.3) is 0 Å². The van der Waals surface area contributed by atoms with E-state index in [4.69, 9.17) is 16.9 Å². The van der Waals surface area contributed by atoms with E-state index < -0.39 is 29.8 Å². The van der Waals surface area contributed by atoms with Gasteiger partial charge >= 0.3 is 6.18 Å². The lowest BCUT2D eigenvalue weighted by atomic mass is 9.86. The summed E-state index contributed by atoms with van der Waals surface area (Å²) in [6.07, 6.45) is -6.61. The fourth-order valence-electron chi connectivity index (χ4n) is 3.21. The monoisotopic (exact) mass is 452 g/mol. The molecule has 0 saturated heterocycles. The summed E-state index contributed by atoms with van der Waals surface area (Å²) in [6, 6.07) is 11.4. The highest BCUT2D eigenvalue weighted by atomic mass is 35.5. The number of aliphatic hydroxyl groups excluding tert-OH is 1. The zero-order valence-corrected chi connectivity index (χ0v) is 16.4. The van der Waals surface area contributed by atoms with Gasteiger partial charge in [0.2, 0.25) is 0 Å². The zero-order valence-electron chi connectivity index (χ0n) is 15.7. The quantitative estimate of drug-likeness (QED) is 0.498. The number of hydrogen-bond acceptors (Lipinski definition) is 3. The molecule has 2 atom stereocenters. The Labute approximate surface area is 179 Å². The summed E-state index contributed by atoms with van der Waals surface area (Å²) >= 11 is 5.96. The lowest BCUT2D eigenvalue weighted by Crippen LogP contribution is -2.35.